The molecule has 0 saturated carbocycles. The molecule has 24 heavy (non-hydrogen) atoms. The average Bonchev–Trinajstić information content (AvgIpc) is 3.20. The van der Waals surface area contributed by atoms with E-state index in [1.54, 1.807) is 34.5 Å². The van der Waals surface area contributed by atoms with Crippen LogP contribution >= 0.6 is 22.9 Å². The first-order valence-corrected chi connectivity index (χ1v) is 8.65. The number of fused-ring (bicyclic) bond motifs is 1. The Labute approximate surface area is 146 Å². The van der Waals surface area contributed by atoms with Crippen molar-refractivity contribution in [2.24, 2.45) is 0 Å². The Morgan fingerprint density at radius 3 is 2.92 bits per heavy atom. The maximum atomic E-state index is 14.1. The van der Waals surface area contributed by atoms with Gasteiger partial charge in [-0.3, -0.25) is 4.79 Å². The first-order valence-electron chi connectivity index (χ1n) is 7.39. The maximum absolute atomic E-state index is 14.1. The van der Waals surface area contributed by atoms with Crippen molar-refractivity contribution in [2.45, 2.75) is 13.0 Å². The highest BCUT2D eigenvalue weighted by molar-refractivity contribution is 7.12. The van der Waals surface area contributed by atoms with Crippen LogP contribution in [0.25, 0.3) is 11.3 Å². The molecule has 1 amide bonds. The van der Waals surface area contributed by atoms with Gasteiger partial charge >= 0.3 is 0 Å². The molecule has 0 radical (unpaired) electrons. The summed E-state index contributed by atoms with van der Waals surface area (Å²) in [5.74, 6) is 0.217. The highest BCUT2D eigenvalue weighted by Crippen LogP contribution is 2.33. The van der Waals surface area contributed by atoms with Crippen molar-refractivity contribution in [2.75, 3.05) is 6.54 Å². The second-order valence-electron chi connectivity index (χ2n) is 5.49. The molecule has 122 valence electrons. The van der Waals surface area contributed by atoms with Gasteiger partial charge in [0.15, 0.2) is 0 Å². The fourth-order valence-corrected chi connectivity index (χ4v) is 3.94. The van der Waals surface area contributed by atoms with Gasteiger partial charge < -0.3 is 9.42 Å². The average molecular weight is 363 g/mol. The predicted molar refractivity (Wildman–Crippen MR) is 89.7 cm³/mol. The van der Waals surface area contributed by atoms with Gasteiger partial charge in [-0.2, -0.15) is 0 Å². The molecular weight excluding hydrogens is 351 g/mol. The number of amides is 1. The molecule has 0 aliphatic carbocycles. The van der Waals surface area contributed by atoms with Gasteiger partial charge in [0.1, 0.15) is 22.1 Å². The van der Waals surface area contributed by atoms with E-state index in [2.05, 4.69) is 5.16 Å². The number of rotatable bonds is 2. The Morgan fingerprint density at radius 1 is 1.33 bits per heavy atom. The fraction of sp³-hybridized carbons (Fsp3) is 0.176. The Bertz CT molecular complexity index is 921. The lowest BCUT2D eigenvalue weighted by molar-refractivity contribution is 0.0734. The molecule has 4 rings (SSSR count). The monoisotopic (exact) mass is 362 g/mol. The van der Waals surface area contributed by atoms with E-state index in [-0.39, 0.29) is 11.7 Å². The van der Waals surface area contributed by atoms with E-state index in [9.17, 15) is 9.18 Å². The van der Waals surface area contributed by atoms with E-state index in [1.165, 1.54) is 17.4 Å². The summed E-state index contributed by atoms with van der Waals surface area (Å²) in [4.78, 5) is 14.9. The van der Waals surface area contributed by atoms with Gasteiger partial charge in [0.2, 0.25) is 0 Å². The van der Waals surface area contributed by atoms with Crippen LogP contribution in [0.3, 0.4) is 0 Å². The molecule has 0 spiro atoms. The SMILES string of the molecule is O=C(c1sccc1Cl)N1CCc2onc(-c3ccccc3F)c2C1. The number of halogens is 2. The zero-order valence-electron chi connectivity index (χ0n) is 12.5. The van der Waals surface area contributed by atoms with Crippen molar-refractivity contribution >= 4 is 28.8 Å². The van der Waals surface area contributed by atoms with Crippen LogP contribution in [0.1, 0.15) is 21.0 Å². The second kappa shape index (κ2) is 6.03. The number of aromatic nitrogens is 1. The van der Waals surface area contributed by atoms with E-state index in [0.29, 0.717) is 46.4 Å². The van der Waals surface area contributed by atoms with Crippen LogP contribution in [0, 0.1) is 5.82 Å². The molecule has 7 heteroatoms. The Balaban J connectivity index is 1.68. The summed E-state index contributed by atoms with van der Waals surface area (Å²) in [5, 5.41) is 6.27. The van der Waals surface area contributed by atoms with Crippen LogP contribution in [-0.4, -0.2) is 22.5 Å². The number of benzene rings is 1. The smallest absolute Gasteiger partial charge is 0.265 e. The molecular formula is C17H12ClFN2O2S. The van der Waals surface area contributed by atoms with Crippen molar-refractivity contribution in [3.8, 4) is 11.3 Å². The molecule has 1 aliphatic rings. The van der Waals surface area contributed by atoms with Crippen molar-refractivity contribution in [1.29, 1.82) is 0 Å². The quantitative estimate of drug-likeness (QED) is 0.679. The largest absolute Gasteiger partial charge is 0.360 e. The van der Waals surface area contributed by atoms with E-state index in [1.807, 2.05) is 0 Å². The molecule has 0 bridgehead atoms. The normalized spacial score (nSPS) is 13.8. The van der Waals surface area contributed by atoms with Crippen LogP contribution in [0.5, 0.6) is 0 Å². The van der Waals surface area contributed by atoms with E-state index < -0.39 is 0 Å². The molecule has 0 fully saturated rings. The zero-order chi connectivity index (χ0) is 16.7. The van der Waals surface area contributed by atoms with E-state index in [4.69, 9.17) is 16.1 Å². The van der Waals surface area contributed by atoms with E-state index in [0.717, 1.165) is 5.56 Å². The highest BCUT2D eigenvalue weighted by Gasteiger charge is 2.30. The van der Waals surface area contributed by atoms with Crippen molar-refractivity contribution in [3.63, 3.8) is 0 Å². The van der Waals surface area contributed by atoms with Gasteiger partial charge in [0, 0.05) is 24.1 Å². The minimum absolute atomic E-state index is 0.124. The zero-order valence-corrected chi connectivity index (χ0v) is 14.0. The van der Waals surface area contributed by atoms with Crippen molar-refractivity contribution < 1.29 is 13.7 Å². The lowest BCUT2D eigenvalue weighted by Crippen LogP contribution is -2.35. The summed E-state index contributed by atoms with van der Waals surface area (Å²) in [6, 6.07) is 8.12. The number of carbonyl (C=O) groups is 1. The van der Waals surface area contributed by atoms with Gasteiger partial charge in [-0.05, 0) is 23.6 Å². The van der Waals surface area contributed by atoms with Crippen LogP contribution in [-0.2, 0) is 13.0 Å². The fourth-order valence-electron chi connectivity index (χ4n) is 2.84. The molecule has 0 atom stereocenters. The van der Waals surface area contributed by atoms with Crippen molar-refractivity contribution in [3.05, 3.63) is 62.8 Å². The third-order valence-corrected chi connectivity index (χ3v) is 5.38. The molecule has 0 N–H and O–H groups in total. The van der Waals surface area contributed by atoms with Gasteiger partial charge in [-0.1, -0.05) is 28.9 Å². The Hall–Kier alpha value is -2.18. The highest BCUT2D eigenvalue weighted by atomic mass is 35.5. The number of thiophene rings is 1. The molecule has 4 nitrogen and oxygen atoms in total. The van der Waals surface area contributed by atoms with Gasteiger partial charge in [0.25, 0.3) is 5.91 Å². The third kappa shape index (κ3) is 2.52. The Morgan fingerprint density at radius 2 is 2.17 bits per heavy atom. The lowest BCUT2D eigenvalue weighted by Gasteiger charge is -2.26. The minimum atomic E-state index is -0.363. The predicted octanol–water partition coefficient (Wildman–Crippen LogP) is 4.39. The molecule has 0 saturated heterocycles. The summed E-state index contributed by atoms with van der Waals surface area (Å²) >= 11 is 7.38. The summed E-state index contributed by atoms with van der Waals surface area (Å²) in [5.41, 5.74) is 1.59. The van der Waals surface area contributed by atoms with E-state index >= 15 is 0 Å². The molecule has 2 aromatic heterocycles. The molecule has 3 aromatic rings. The van der Waals surface area contributed by atoms with Crippen LogP contribution in [0.15, 0.2) is 40.2 Å². The number of nitrogens with zero attached hydrogens (tertiary/aromatic N) is 2. The summed E-state index contributed by atoms with van der Waals surface area (Å²) in [6.45, 7) is 0.849. The molecule has 3 heterocycles. The summed E-state index contributed by atoms with van der Waals surface area (Å²) in [6.07, 6.45) is 0.547. The maximum Gasteiger partial charge on any atom is 0.265 e. The number of hydrogen-bond donors (Lipinski definition) is 0. The third-order valence-electron chi connectivity index (χ3n) is 4.05. The summed E-state index contributed by atoms with van der Waals surface area (Å²) in [7, 11) is 0. The van der Waals surface area contributed by atoms with Gasteiger partial charge in [0.05, 0.1) is 11.6 Å². The van der Waals surface area contributed by atoms with Crippen LogP contribution in [0.4, 0.5) is 4.39 Å². The molecule has 1 aromatic carbocycles. The molecule has 0 unspecified atom stereocenters. The number of hydrogen-bond acceptors (Lipinski definition) is 4. The standard InChI is InChI=1S/C17H12ClFN2O2S/c18-12-6-8-24-16(12)17(22)21-7-5-14-11(9-21)15(20-23-14)10-3-1-2-4-13(10)19/h1-4,6,8H,5,7,9H2. The van der Waals surface area contributed by atoms with Crippen LogP contribution in [0.2, 0.25) is 5.02 Å². The second-order valence-corrected chi connectivity index (χ2v) is 6.81. The lowest BCUT2D eigenvalue weighted by atomic mass is 10.0. The first kappa shape index (κ1) is 15.4. The van der Waals surface area contributed by atoms with Crippen molar-refractivity contribution in [1.82, 2.24) is 10.1 Å². The van der Waals surface area contributed by atoms with Crippen LogP contribution < -0.4 is 0 Å². The van der Waals surface area contributed by atoms with Gasteiger partial charge in [-0.15, -0.1) is 11.3 Å². The first-order chi connectivity index (χ1) is 11.6. The topological polar surface area (TPSA) is 46.3 Å². The molecule has 1 aliphatic heterocycles. The summed E-state index contributed by atoms with van der Waals surface area (Å²) < 4.78 is 19.4. The number of carbonyl (C=O) groups excluding carboxylic acids is 1. The minimum Gasteiger partial charge on any atom is -0.360 e. The van der Waals surface area contributed by atoms with Gasteiger partial charge in [-0.25, -0.2) is 4.39 Å². The Kier molecular flexibility index (Phi) is 3.86.